The minimum absolute atomic E-state index is 0.0990. The molecule has 0 heterocycles. The van der Waals surface area contributed by atoms with E-state index in [2.05, 4.69) is 23.5 Å². The summed E-state index contributed by atoms with van der Waals surface area (Å²) in [5.74, 6) is 1.03. The van der Waals surface area contributed by atoms with E-state index in [-0.39, 0.29) is 12.0 Å². The van der Waals surface area contributed by atoms with Gasteiger partial charge in [0.2, 0.25) is 5.91 Å². The molecule has 0 aromatic heterocycles. The molecule has 2 unspecified atom stereocenters. The van der Waals surface area contributed by atoms with Crippen LogP contribution in [0.5, 0.6) is 0 Å². The van der Waals surface area contributed by atoms with Crippen molar-refractivity contribution in [3.63, 3.8) is 0 Å². The summed E-state index contributed by atoms with van der Waals surface area (Å²) in [4.78, 5) is 13.1. The van der Waals surface area contributed by atoms with Crippen molar-refractivity contribution >= 4 is 17.7 Å². The second kappa shape index (κ2) is 6.84. The predicted octanol–water partition coefficient (Wildman–Crippen LogP) is 2.54. The van der Waals surface area contributed by atoms with Gasteiger partial charge in [0, 0.05) is 11.4 Å². The van der Waals surface area contributed by atoms with Crippen LogP contribution in [0.4, 0.5) is 0 Å². The van der Waals surface area contributed by atoms with Gasteiger partial charge in [0.05, 0.1) is 11.9 Å². The molecule has 1 fully saturated rings. The second-order valence-corrected chi connectivity index (χ2v) is 7.26. The number of carbonyl (C=O) groups is 1. The summed E-state index contributed by atoms with van der Waals surface area (Å²) in [6.07, 6.45) is 6.22. The molecule has 0 bridgehead atoms. The number of benzene rings is 1. The van der Waals surface area contributed by atoms with E-state index in [9.17, 15) is 9.90 Å². The zero-order valence-electron chi connectivity index (χ0n) is 12.3. The second-order valence-electron chi connectivity index (χ2n) is 6.21. The van der Waals surface area contributed by atoms with Crippen molar-refractivity contribution in [2.24, 2.45) is 5.92 Å². The number of aryl methyl sites for hydroxylation is 2. The maximum Gasteiger partial charge on any atom is 0.230 e. The lowest BCUT2D eigenvalue weighted by Crippen LogP contribution is -2.30. The van der Waals surface area contributed by atoms with E-state index >= 15 is 0 Å². The molecular weight excluding hydrogens is 282 g/mol. The molecule has 1 aromatic carbocycles. The first-order chi connectivity index (χ1) is 10.2. The van der Waals surface area contributed by atoms with E-state index in [4.69, 9.17) is 0 Å². The van der Waals surface area contributed by atoms with Gasteiger partial charge in [-0.1, -0.05) is 6.07 Å². The Kier molecular flexibility index (Phi) is 4.86. The lowest BCUT2D eigenvalue weighted by molar-refractivity contribution is -0.118. The molecule has 0 radical (unpaired) electrons. The van der Waals surface area contributed by atoms with Crippen molar-refractivity contribution in [3.8, 4) is 0 Å². The highest BCUT2D eigenvalue weighted by atomic mass is 32.2. The first-order valence-corrected chi connectivity index (χ1v) is 8.88. The Morgan fingerprint density at radius 3 is 2.95 bits per heavy atom. The highest BCUT2D eigenvalue weighted by Crippen LogP contribution is 2.27. The molecule has 2 aliphatic carbocycles. The first-order valence-electron chi connectivity index (χ1n) is 7.90. The summed E-state index contributed by atoms with van der Waals surface area (Å²) in [5, 5.41) is 12.5. The molecule has 1 saturated carbocycles. The number of hydrogen-bond donors (Lipinski definition) is 2. The summed E-state index contributed by atoms with van der Waals surface area (Å²) in [7, 11) is 0. The van der Waals surface area contributed by atoms with Crippen molar-refractivity contribution in [3.05, 3.63) is 29.3 Å². The van der Waals surface area contributed by atoms with E-state index < -0.39 is 0 Å². The molecule has 0 aliphatic heterocycles. The topological polar surface area (TPSA) is 49.3 Å². The van der Waals surface area contributed by atoms with Crippen molar-refractivity contribution in [2.75, 3.05) is 12.3 Å². The third kappa shape index (κ3) is 4.01. The summed E-state index contributed by atoms with van der Waals surface area (Å²) >= 11 is 1.62. The average Bonchev–Trinajstić information content (AvgIpc) is 3.10. The monoisotopic (exact) mass is 305 g/mol. The fourth-order valence-electron chi connectivity index (χ4n) is 3.33. The average molecular weight is 305 g/mol. The standard InChI is InChI=1S/C17H23NO2S/c19-15-6-4-12(8-15)10-18-17(20)11-21-16-7-5-13-2-1-3-14(13)9-16/h5,7,9,12,15,19H,1-4,6,8,10-11H2,(H,18,20). The number of carbonyl (C=O) groups excluding carboxylic acids is 1. The summed E-state index contributed by atoms with van der Waals surface area (Å²) in [6.45, 7) is 0.709. The Morgan fingerprint density at radius 1 is 1.29 bits per heavy atom. The Balaban J connectivity index is 1.41. The van der Waals surface area contributed by atoms with Crippen LogP contribution in [0, 0.1) is 5.92 Å². The Labute approximate surface area is 130 Å². The number of hydrogen-bond acceptors (Lipinski definition) is 3. The number of rotatable bonds is 5. The highest BCUT2D eigenvalue weighted by molar-refractivity contribution is 8.00. The molecule has 1 amide bonds. The predicted molar refractivity (Wildman–Crippen MR) is 85.5 cm³/mol. The van der Waals surface area contributed by atoms with Crippen molar-refractivity contribution < 1.29 is 9.90 Å². The number of fused-ring (bicyclic) bond motifs is 1. The lowest BCUT2D eigenvalue weighted by Gasteiger charge is -2.11. The third-order valence-corrected chi connectivity index (χ3v) is 5.54. The molecule has 0 spiro atoms. The van der Waals surface area contributed by atoms with Crippen LogP contribution in [0.25, 0.3) is 0 Å². The van der Waals surface area contributed by atoms with Crippen LogP contribution in [-0.4, -0.2) is 29.4 Å². The number of nitrogens with one attached hydrogen (secondary N) is 1. The van der Waals surface area contributed by atoms with Crippen LogP contribution < -0.4 is 5.32 Å². The van der Waals surface area contributed by atoms with Crippen molar-refractivity contribution in [1.82, 2.24) is 5.32 Å². The SMILES string of the molecule is O=C(CSc1ccc2c(c1)CCC2)NCC1CCC(O)C1. The van der Waals surface area contributed by atoms with Crippen LogP contribution in [0.2, 0.25) is 0 Å². The van der Waals surface area contributed by atoms with Crippen LogP contribution in [-0.2, 0) is 17.6 Å². The maximum atomic E-state index is 11.9. The zero-order chi connectivity index (χ0) is 14.7. The van der Waals surface area contributed by atoms with Gasteiger partial charge in [-0.2, -0.15) is 0 Å². The fraction of sp³-hybridized carbons (Fsp3) is 0.588. The summed E-state index contributed by atoms with van der Waals surface area (Å²) in [5.41, 5.74) is 2.93. The fourth-order valence-corrected chi connectivity index (χ4v) is 4.12. The van der Waals surface area contributed by atoms with E-state index in [0.29, 0.717) is 18.2 Å². The zero-order valence-corrected chi connectivity index (χ0v) is 13.1. The smallest absolute Gasteiger partial charge is 0.230 e. The summed E-state index contributed by atoms with van der Waals surface area (Å²) < 4.78 is 0. The van der Waals surface area contributed by atoms with Crippen LogP contribution >= 0.6 is 11.8 Å². The van der Waals surface area contributed by atoms with Crippen molar-refractivity contribution in [1.29, 1.82) is 0 Å². The number of aliphatic hydroxyl groups excluding tert-OH is 1. The van der Waals surface area contributed by atoms with Gasteiger partial charge in [0.25, 0.3) is 0 Å². The molecule has 2 N–H and O–H groups in total. The van der Waals surface area contributed by atoms with Gasteiger partial charge in [-0.25, -0.2) is 0 Å². The van der Waals surface area contributed by atoms with Gasteiger partial charge in [0.1, 0.15) is 0 Å². The van der Waals surface area contributed by atoms with Gasteiger partial charge < -0.3 is 10.4 Å². The van der Waals surface area contributed by atoms with Gasteiger partial charge in [-0.15, -0.1) is 11.8 Å². The minimum atomic E-state index is -0.160. The molecule has 4 heteroatoms. The maximum absolute atomic E-state index is 11.9. The van der Waals surface area contributed by atoms with Crippen LogP contribution in [0.3, 0.4) is 0 Å². The van der Waals surface area contributed by atoms with E-state index in [1.54, 1.807) is 11.8 Å². The molecule has 3 rings (SSSR count). The third-order valence-electron chi connectivity index (χ3n) is 4.54. The Bertz CT molecular complexity index is 518. The lowest BCUT2D eigenvalue weighted by atomic mass is 10.1. The minimum Gasteiger partial charge on any atom is -0.393 e. The molecule has 21 heavy (non-hydrogen) atoms. The molecule has 2 aliphatic rings. The number of aliphatic hydroxyl groups is 1. The van der Waals surface area contributed by atoms with E-state index in [1.807, 2.05) is 0 Å². The molecular formula is C17H23NO2S. The van der Waals surface area contributed by atoms with E-state index in [0.717, 1.165) is 19.3 Å². The van der Waals surface area contributed by atoms with Crippen molar-refractivity contribution in [2.45, 2.75) is 49.5 Å². The van der Waals surface area contributed by atoms with Gasteiger partial charge >= 0.3 is 0 Å². The van der Waals surface area contributed by atoms with Gasteiger partial charge in [-0.05, 0) is 67.7 Å². The molecule has 114 valence electrons. The van der Waals surface area contributed by atoms with E-state index in [1.165, 1.54) is 35.3 Å². The van der Waals surface area contributed by atoms with Crippen LogP contribution in [0.1, 0.15) is 36.8 Å². The van der Waals surface area contributed by atoms with Gasteiger partial charge in [-0.3, -0.25) is 4.79 Å². The van der Waals surface area contributed by atoms with Gasteiger partial charge in [0.15, 0.2) is 0 Å². The molecule has 0 saturated heterocycles. The molecule has 3 nitrogen and oxygen atoms in total. The molecule has 2 atom stereocenters. The first kappa shape index (κ1) is 14.9. The largest absolute Gasteiger partial charge is 0.393 e. The quantitative estimate of drug-likeness (QED) is 0.822. The number of thioether (sulfide) groups is 1. The Hall–Kier alpha value is -1.00. The molecule has 1 aromatic rings. The normalized spacial score (nSPS) is 24.0. The highest BCUT2D eigenvalue weighted by Gasteiger charge is 2.22. The summed E-state index contributed by atoms with van der Waals surface area (Å²) in [6, 6.07) is 6.59. The van der Waals surface area contributed by atoms with Crippen LogP contribution in [0.15, 0.2) is 23.1 Å². The Morgan fingerprint density at radius 2 is 2.14 bits per heavy atom. The number of amides is 1.